The number of Topliss-reactive ketones (excluding diaryl/α,β-unsaturated/α-hetero) is 2. The van der Waals surface area contributed by atoms with E-state index in [0.29, 0.717) is 35.3 Å². The maximum Gasteiger partial charge on any atom is 0.254 e. The predicted octanol–water partition coefficient (Wildman–Crippen LogP) is 3.21. The number of ketones is 2. The van der Waals surface area contributed by atoms with Gasteiger partial charge in [0, 0.05) is 36.6 Å². The van der Waals surface area contributed by atoms with Crippen LogP contribution in [-0.4, -0.2) is 66.1 Å². The molecule has 226 valence electrons. The van der Waals surface area contributed by atoms with Gasteiger partial charge < -0.3 is 21.1 Å². The standard InChI is InChI=1S/C30H28N6O8/c1-36(2)9-8-32-29(41)15-5-3-4-14(10-15)18-6-7-20(33-42)23-19(18)12-16-11-17-13-21(34-43)24(28(31)40)27(39)30(17,35-44)26(38)22(16)25(23)37/h3-7,10,16-17,38H,8-9,11-13H2,1-2H3,(H2,31,40)(H,32,41)/t16-,17+,30+/m1/s1. The number of hydrogen-bond donors (Lipinski definition) is 3. The predicted molar refractivity (Wildman–Crippen MR) is 158 cm³/mol. The number of likely N-dealkylation sites (N-methyl/N-ethyl adjacent to an activating group) is 1. The summed E-state index contributed by atoms with van der Waals surface area (Å²) in [6.45, 7) is 1.07. The van der Waals surface area contributed by atoms with Gasteiger partial charge in [-0.15, -0.1) is 14.7 Å². The molecule has 14 heteroatoms. The quantitative estimate of drug-likeness (QED) is 0.284. The van der Waals surface area contributed by atoms with Crippen LogP contribution < -0.4 is 11.1 Å². The van der Waals surface area contributed by atoms with Crippen LogP contribution in [0.25, 0.3) is 11.1 Å². The summed E-state index contributed by atoms with van der Waals surface area (Å²) in [4.78, 5) is 89.9. The summed E-state index contributed by atoms with van der Waals surface area (Å²) in [5.41, 5.74) is 2.69. The molecule has 2 aromatic carbocycles. The number of allylic oxidation sites excluding steroid dienone is 2. The molecule has 3 atom stereocenters. The lowest BCUT2D eigenvalue weighted by Crippen LogP contribution is -2.55. The molecule has 3 aliphatic carbocycles. The molecule has 0 radical (unpaired) electrons. The number of carbonyl (C=O) groups excluding carboxylic acids is 4. The molecule has 0 bridgehead atoms. The number of hydrogen-bond acceptors (Lipinski definition) is 12. The fourth-order valence-corrected chi connectivity index (χ4v) is 6.53. The van der Waals surface area contributed by atoms with E-state index in [0.717, 1.165) is 0 Å². The molecule has 0 saturated carbocycles. The van der Waals surface area contributed by atoms with E-state index in [4.69, 9.17) is 5.73 Å². The van der Waals surface area contributed by atoms with Crippen LogP contribution in [0.4, 0.5) is 5.69 Å². The molecule has 0 unspecified atom stereocenters. The van der Waals surface area contributed by atoms with E-state index in [2.05, 4.69) is 20.8 Å². The first kappa shape index (κ1) is 30.2. The van der Waals surface area contributed by atoms with Gasteiger partial charge >= 0.3 is 0 Å². The van der Waals surface area contributed by atoms with Crippen molar-refractivity contribution >= 4 is 29.1 Å². The number of nitrogens with two attached hydrogens (primary N) is 1. The second kappa shape index (κ2) is 11.4. The Hall–Kier alpha value is -5.24. The van der Waals surface area contributed by atoms with Crippen molar-refractivity contribution in [2.75, 3.05) is 27.2 Å². The maximum absolute atomic E-state index is 14.0. The van der Waals surface area contributed by atoms with Gasteiger partial charge in [-0.1, -0.05) is 18.2 Å². The number of aliphatic hydroxyl groups excluding tert-OH is 1. The van der Waals surface area contributed by atoms with E-state index < -0.39 is 51.9 Å². The summed E-state index contributed by atoms with van der Waals surface area (Å²) in [5.74, 6) is -6.57. The Morgan fingerprint density at radius 3 is 2.48 bits per heavy atom. The van der Waals surface area contributed by atoms with E-state index in [1.165, 1.54) is 6.07 Å². The Kier molecular flexibility index (Phi) is 7.86. The first-order chi connectivity index (χ1) is 21.0. The third-order valence-electron chi connectivity index (χ3n) is 8.58. The summed E-state index contributed by atoms with van der Waals surface area (Å²) in [6.07, 6.45) is -0.337. The minimum atomic E-state index is -2.57. The molecule has 0 spiro atoms. The maximum atomic E-state index is 14.0. The molecule has 0 aromatic heterocycles. The minimum Gasteiger partial charge on any atom is -0.509 e. The zero-order valence-electron chi connectivity index (χ0n) is 23.8. The summed E-state index contributed by atoms with van der Waals surface area (Å²) < 4.78 is 0. The van der Waals surface area contributed by atoms with Gasteiger partial charge in [-0.2, -0.15) is 0 Å². The van der Waals surface area contributed by atoms with Crippen LogP contribution in [0.1, 0.15) is 39.1 Å². The Labute approximate surface area is 250 Å². The summed E-state index contributed by atoms with van der Waals surface area (Å²) in [5, 5.41) is 23.0. The molecule has 0 fully saturated rings. The van der Waals surface area contributed by atoms with Crippen molar-refractivity contribution in [3.8, 4) is 11.1 Å². The zero-order chi connectivity index (χ0) is 31.9. The Morgan fingerprint density at radius 1 is 1.09 bits per heavy atom. The average molecular weight is 601 g/mol. The van der Waals surface area contributed by atoms with Crippen molar-refractivity contribution in [3.05, 3.63) is 90.4 Å². The van der Waals surface area contributed by atoms with Crippen molar-refractivity contribution in [3.63, 3.8) is 0 Å². The molecule has 3 aliphatic rings. The summed E-state index contributed by atoms with van der Waals surface area (Å²) >= 11 is 0. The van der Waals surface area contributed by atoms with Crippen molar-refractivity contribution in [1.29, 1.82) is 0 Å². The highest BCUT2D eigenvalue weighted by molar-refractivity contribution is 6.25. The first-order valence-electron chi connectivity index (χ1n) is 13.8. The third kappa shape index (κ3) is 4.63. The van der Waals surface area contributed by atoms with Crippen LogP contribution in [-0.2, 0) is 16.0 Å². The number of primary amides is 1. The number of aliphatic hydroxyl groups is 1. The second-order valence-electron chi connectivity index (χ2n) is 11.3. The van der Waals surface area contributed by atoms with Crippen molar-refractivity contribution in [2.24, 2.45) is 33.1 Å². The lowest BCUT2D eigenvalue weighted by molar-refractivity contribution is -0.126. The Bertz CT molecular complexity index is 1730. The van der Waals surface area contributed by atoms with Gasteiger partial charge in [0.2, 0.25) is 11.3 Å². The minimum absolute atomic E-state index is 0.0559. The SMILES string of the molecule is CN(C)CCNC(=O)c1cccc(-c2ccc(N=O)c3c2C[C@H]2C[C@H]4CC(N=O)=C(C(N)=O)C(=O)[C@@]4(N=O)C(O)=C2C3=O)c1. The van der Waals surface area contributed by atoms with Crippen molar-refractivity contribution < 1.29 is 24.3 Å². The molecular weight excluding hydrogens is 572 g/mol. The Balaban J connectivity index is 1.62. The molecule has 0 aliphatic heterocycles. The van der Waals surface area contributed by atoms with Crippen LogP contribution in [0, 0.1) is 26.6 Å². The molecule has 2 amide bonds. The van der Waals surface area contributed by atoms with Crippen molar-refractivity contribution in [1.82, 2.24) is 10.2 Å². The number of nitrogens with one attached hydrogen (secondary N) is 1. The number of benzene rings is 2. The van der Waals surface area contributed by atoms with Gasteiger partial charge in [0.1, 0.15) is 22.7 Å². The van der Waals surface area contributed by atoms with Gasteiger partial charge in [-0.3, -0.25) is 19.2 Å². The highest BCUT2D eigenvalue weighted by Crippen LogP contribution is 2.54. The summed E-state index contributed by atoms with van der Waals surface area (Å²) in [7, 11) is 3.77. The largest absolute Gasteiger partial charge is 0.509 e. The molecule has 5 rings (SSSR count). The van der Waals surface area contributed by atoms with Crippen LogP contribution >= 0.6 is 0 Å². The third-order valence-corrected chi connectivity index (χ3v) is 8.58. The van der Waals surface area contributed by atoms with Gasteiger partial charge in [-0.05, 0) is 83.3 Å². The van der Waals surface area contributed by atoms with Gasteiger partial charge in [0.25, 0.3) is 11.8 Å². The van der Waals surface area contributed by atoms with Crippen LogP contribution in [0.5, 0.6) is 0 Å². The van der Waals surface area contributed by atoms with E-state index in [1.807, 2.05) is 19.0 Å². The smallest absolute Gasteiger partial charge is 0.254 e. The number of nitrogens with zero attached hydrogens (tertiary/aromatic N) is 4. The van der Waals surface area contributed by atoms with Crippen LogP contribution in [0.15, 0.2) is 74.5 Å². The van der Waals surface area contributed by atoms with E-state index in [1.54, 1.807) is 30.3 Å². The average Bonchev–Trinajstić information content (AvgIpc) is 2.99. The first-order valence-corrected chi connectivity index (χ1v) is 13.8. The fourth-order valence-electron chi connectivity index (χ4n) is 6.53. The van der Waals surface area contributed by atoms with Gasteiger partial charge in [0.15, 0.2) is 5.78 Å². The molecule has 4 N–H and O–H groups in total. The van der Waals surface area contributed by atoms with Gasteiger partial charge in [-0.25, -0.2) is 0 Å². The number of carbonyl (C=O) groups is 4. The zero-order valence-corrected chi connectivity index (χ0v) is 23.8. The number of amides is 2. The Morgan fingerprint density at radius 2 is 1.84 bits per heavy atom. The van der Waals surface area contributed by atoms with Crippen molar-refractivity contribution in [2.45, 2.75) is 24.8 Å². The van der Waals surface area contributed by atoms with Crippen LogP contribution in [0.3, 0.4) is 0 Å². The van der Waals surface area contributed by atoms with E-state index >= 15 is 0 Å². The molecule has 0 heterocycles. The summed E-state index contributed by atoms with van der Waals surface area (Å²) in [6, 6.07) is 9.68. The van der Waals surface area contributed by atoms with E-state index in [-0.39, 0.29) is 42.0 Å². The number of nitroso groups, excluding NO2 is 3. The highest BCUT2D eigenvalue weighted by Gasteiger charge is 2.62. The molecule has 0 saturated heterocycles. The molecule has 2 aromatic rings. The highest BCUT2D eigenvalue weighted by atomic mass is 16.3. The lowest BCUT2D eigenvalue weighted by atomic mass is 9.58. The molecule has 44 heavy (non-hydrogen) atoms. The molecular formula is C30H28N6O8. The fraction of sp³-hybridized carbons (Fsp3) is 0.333. The molecule has 14 nitrogen and oxygen atoms in total. The monoisotopic (exact) mass is 600 g/mol. The lowest BCUT2D eigenvalue weighted by Gasteiger charge is -2.44. The number of rotatable bonds is 9. The van der Waals surface area contributed by atoms with Gasteiger partial charge in [0.05, 0.1) is 5.56 Å². The normalized spacial score (nSPS) is 22.6. The van der Waals surface area contributed by atoms with E-state index in [9.17, 15) is 39.0 Å². The second-order valence-corrected chi connectivity index (χ2v) is 11.3. The van der Waals surface area contributed by atoms with Crippen LogP contribution in [0.2, 0.25) is 0 Å². The topological polar surface area (TPSA) is 218 Å². The number of fused-ring (bicyclic) bond motifs is 3.